The molecule has 0 saturated carbocycles. The van der Waals surface area contributed by atoms with Gasteiger partial charge in [0.1, 0.15) is 13.1 Å². The van der Waals surface area contributed by atoms with Crippen LogP contribution in [0.15, 0.2) is 0 Å². The summed E-state index contributed by atoms with van der Waals surface area (Å²) in [7, 11) is 0. The van der Waals surface area contributed by atoms with Crippen LogP contribution in [-0.2, 0) is 19.1 Å². The molecule has 0 spiro atoms. The number of nitrogens with zero attached hydrogens (tertiary/aromatic N) is 1. The van der Waals surface area contributed by atoms with Crippen LogP contribution in [-0.4, -0.2) is 59.3 Å². The summed E-state index contributed by atoms with van der Waals surface area (Å²) >= 11 is 0. The summed E-state index contributed by atoms with van der Waals surface area (Å²) < 4.78 is 5.12. The number of ether oxygens (including phenoxy) is 1. The van der Waals surface area contributed by atoms with Crippen LogP contribution < -0.4 is 0 Å². The van der Waals surface area contributed by atoms with Gasteiger partial charge in [0.2, 0.25) is 5.91 Å². The molecule has 1 fully saturated rings. The number of carbonyl (C=O) groups excluding carboxylic acids is 1. The zero-order valence-corrected chi connectivity index (χ0v) is 9.29. The molecule has 2 N–H and O–H groups in total. The Kier molecular flexibility index (Phi) is 4.89. The molecule has 1 aliphatic heterocycles. The minimum atomic E-state index is -1.23. The smallest absolute Gasteiger partial charge is 0.323 e. The fraction of sp³-hybridized carbons (Fsp3) is 0.700. The first-order valence-corrected chi connectivity index (χ1v) is 5.31. The van der Waals surface area contributed by atoms with Crippen molar-refractivity contribution in [2.75, 3.05) is 26.3 Å². The van der Waals surface area contributed by atoms with Gasteiger partial charge in [0.25, 0.3) is 0 Å². The van der Waals surface area contributed by atoms with Crippen LogP contribution >= 0.6 is 0 Å². The predicted octanol–water partition coefficient (Wildman–Crippen LogP) is -0.589. The summed E-state index contributed by atoms with van der Waals surface area (Å²) in [6, 6.07) is 0. The van der Waals surface area contributed by atoms with E-state index in [9.17, 15) is 14.4 Å². The van der Waals surface area contributed by atoms with Crippen molar-refractivity contribution in [2.45, 2.75) is 12.8 Å². The number of amides is 1. The van der Waals surface area contributed by atoms with Gasteiger partial charge in [0.15, 0.2) is 0 Å². The maximum Gasteiger partial charge on any atom is 0.323 e. The van der Waals surface area contributed by atoms with Gasteiger partial charge in [-0.2, -0.15) is 0 Å². The zero-order chi connectivity index (χ0) is 12.8. The normalized spacial score (nSPS) is 19.6. The van der Waals surface area contributed by atoms with Crippen molar-refractivity contribution in [3.8, 4) is 0 Å². The third kappa shape index (κ3) is 4.39. The summed E-state index contributed by atoms with van der Waals surface area (Å²) in [5, 5.41) is 17.3. The summed E-state index contributed by atoms with van der Waals surface area (Å²) in [5.74, 6) is -3.34. The minimum Gasteiger partial charge on any atom is -0.480 e. The number of carboxylic acid groups (broad SMARTS) is 2. The van der Waals surface area contributed by atoms with Crippen molar-refractivity contribution in [2.24, 2.45) is 5.92 Å². The third-order valence-corrected chi connectivity index (χ3v) is 2.47. The lowest BCUT2D eigenvalue weighted by Crippen LogP contribution is -2.44. The first kappa shape index (κ1) is 13.4. The van der Waals surface area contributed by atoms with Crippen molar-refractivity contribution in [3.63, 3.8) is 0 Å². The quantitative estimate of drug-likeness (QED) is 0.671. The molecule has 1 heterocycles. The number of carbonyl (C=O) groups is 3. The number of rotatable bonds is 5. The lowest BCUT2D eigenvalue weighted by Gasteiger charge is -2.27. The van der Waals surface area contributed by atoms with E-state index in [0.29, 0.717) is 13.0 Å². The van der Waals surface area contributed by atoms with Gasteiger partial charge in [0, 0.05) is 6.61 Å². The average molecular weight is 245 g/mol. The van der Waals surface area contributed by atoms with Crippen LogP contribution in [0.4, 0.5) is 0 Å². The Morgan fingerprint density at radius 2 is 1.76 bits per heavy atom. The molecule has 7 heteroatoms. The molecule has 1 amide bonds. The molecule has 0 radical (unpaired) electrons. The molecule has 0 bridgehead atoms. The van der Waals surface area contributed by atoms with E-state index in [-0.39, 0.29) is 6.61 Å². The summed E-state index contributed by atoms with van der Waals surface area (Å²) in [5.41, 5.74) is 0. The van der Waals surface area contributed by atoms with Crippen LogP contribution in [0.25, 0.3) is 0 Å². The van der Waals surface area contributed by atoms with E-state index in [1.54, 1.807) is 0 Å². The maximum absolute atomic E-state index is 11.9. The SMILES string of the molecule is O=C(O)CN(CC(=O)O)C(=O)C1CCCOC1. The van der Waals surface area contributed by atoms with E-state index in [1.807, 2.05) is 0 Å². The van der Waals surface area contributed by atoms with Gasteiger partial charge < -0.3 is 19.8 Å². The van der Waals surface area contributed by atoms with Crippen LogP contribution in [0.5, 0.6) is 0 Å². The van der Waals surface area contributed by atoms with Crippen molar-refractivity contribution < 1.29 is 29.3 Å². The second kappa shape index (κ2) is 6.19. The summed E-state index contributed by atoms with van der Waals surface area (Å²) in [6.07, 6.45) is 1.33. The van der Waals surface area contributed by atoms with Gasteiger partial charge in [-0.25, -0.2) is 0 Å². The molecular weight excluding hydrogens is 230 g/mol. The average Bonchev–Trinajstić information content (AvgIpc) is 2.27. The van der Waals surface area contributed by atoms with E-state index in [1.165, 1.54) is 0 Å². The monoisotopic (exact) mass is 245 g/mol. The molecule has 96 valence electrons. The van der Waals surface area contributed by atoms with Gasteiger partial charge in [-0.1, -0.05) is 0 Å². The largest absolute Gasteiger partial charge is 0.480 e. The topological polar surface area (TPSA) is 104 Å². The predicted molar refractivity (Wildman–Crippen MR) is 55.4 cm³/mol. The van der Waals surface area contributed by atoms with Crippen LogP contribution in [0, 0.1) is 5.92 Å². The van der Waals surface area contributed by atoms with E-state index in [2.05, 4.69) is 0 Å². The number of hydrogen-bond donors (Lipinski definition) is 2. The highest BCUT2D eigenvalue weighted by Gasteiger charge is 2.28. The second-order valence-corrected chi connectivity index (χ2v) is 3.90. The molecule has 1 atom stereocenters. The van der Waals surface area contributed by atoms with Gasteiger partial charge >= 0.3 is 11.9 Å². The summed E-state index contributed by atoms with van der Waals surface area (Å²) in [6.45, 7) is -0.376. The van der Waals surface area contributed by atoms with E-state index >= 15 is 0 Å². The first-order valence-electron chi connectivity index (χ1n) is 5.31. The molecule has 0 aliphatic carbocycles. The molecule has 0 aromatic rings. The van der Waals surface area contributed by atoms with Gasteiger partial charge in [-0.05, 0) is 12.8 Å². The lowest BCUT2D eigenvalue weighted by atomic mass is 10.0. The molecule has 17 heavy (non-hydrogen) atoms. The van der Waals surface area contributed by atoms with Gasteiger partial charge in [0.05, 0.1) is 12.5 Å². The van der Waals surface area contributed by atoms with E-state index in [0.717, 1.165) is 11.3 Å². The Labute approximate surface area is 98.0 Å². The number of hydrogen-bond acceptors (Lipinski definition) is 4. The number of carboxylic acids is 2. The second-order valence-electron chi connectivity index (χ2n) is 3.90. The van der Waals surface area contributed by atoms with Crippen molar-refractivity contribution in [1.29, 1.82) is 0 Å². The van der Waals surface area contributed by atoms with Crippen LogP contribution in [0.2, 0.25) is 0 Å². The highest BCUT2D eigenvalue weighted by Crippen LogP contribution is 2.16. The van der Waals surface area contributed by atoms with Crippen molar-refractivity contribution in [3.05, 3.63) is 0 Å². The fourth-order valence-electron chi connectivity index (χ4n) is 1.73. The zero-order valence-electron chi connectivity index (χ0n) is 9.29. The Bertz CT molecular complexity index is 294. The first-order chi connectivity index (χ1) is 8.00. The third-order valence-electron chi connectivity index (χ3n) is 2.47. The molecule has 1 unspecified atom stereocenters. The Balaban J connectivity index is 2.63. The number of aliphatic carboxylic acids is 2. The highest BCUT2D eigenvalue weighted by atomic mass is 16.5. The maximum atomic E-state index is 11.9. The van der Waals surface area contributed by atoms with Crippen molar-refractivity contribution >= 4 is 17.8 Å². The standard InChI is InChI=1S/C10H15NO6/c12-8(13)4-11(5-9(14)15)10(16)7-2-1-3-17-6-7/h7H,1-6H2,(H,12,13)(H,14,15). The Morgan fingerprint density at radius 1 is 1.18 bits per heavy atom. The van der Waals surface area contributed by atoms with Gasteiger partial charge in [-0.3, -0.25) is 14.4 Å². The highest BCUT2D eigenvalue weighted by molar-refractivity contribution is 5.86. The molecular formula is C10H15NO6. The Hall–Kier alpha value is -1.63. The molecule has 0 aromatic heterocycles. The van der Waals surface area contributed by atoms with E-state index in [4.69, 9.17) is 14.9 Å². The van der Waals surface area contributed by atoms with Crippen molar-refractivity contribution in [1.82, 2.24) is 4.90 Å². The Morgan fingerprint density at radius 3 is 2.18 bits per heavy atom. The molecule has 0 aromatic carbocycles. The molecule has 1 aliphatic rings. The van der Waals surface area contributed by atoms with Gasteiger partial charge in [-0.15, -0.1) is 0 Å². The molecule has 7 nitrogen and oxygen atoms in total. The lowest BCUT2D eigenvalue weighted by molar-refractivity contribution is -0.153. The fourth-order valence-corrected chi connectivity index (χ4v) is 1.73. The molecule has 1 saturated heterocycles. The van der Waals surface area contributed by atoms with E-state index < -0.39 is 36.9 Å². The summed E-state index contributed by atoms with van der Waals surface area (Å²) in [4.78, 5) is 33.8. The minimum absolute atomic E-state index is 0.231. The molecule has 1 rings (SSSR count). The van der Waals surface area contributed by atoms with Crippen LogP contribution in [0.3, 0.4) is 0 Å². The van der Waals surface area contributed by atoms with Crippen LogP contribution in [0.1, 0.15) is 12.8 Å².